The van der Waals surface area contributed by atoms with Crippen LogP contribution in [0.2, 0.25) is 0 Å². The molecule has 1 heterocycles. The molecular formula is C11H14N4O2S. The number of nitrogens with two attached hydrogens (primary N) is 1. The zero-order valence-electron chi connectivity index (χ0n) is 9.81. The summed E-state index contributed by atoms with van der Waals surface area (Å²) in [5, 5.41) is 16.8. The van der Waals surface area contributed by atoms with Gasteiger partial charge in [-0.05, 0) is 30.9 Å². The first kappa shape index (κ1) is 12.8. The van der Waals surface area contributed by atoms with E-state index in [1.807, 2.05) is 6.07 Å². The van der Waals surface area contributed by atoms with Crippen LogP contribution in [0.3, 0.4) is 0 Å². The molecule has 0 bridgehead atoms. The van der Waals surface area contributed by atoms with Crippen LogP contribution in [0.1, 0.15) is 23.2 Å². The molecule has 0 aliphatic heterocycles. The molecular weight excluding hydrogens is 252 g/mol. The standard InChI is InChI=1S/C11H14N4O2S/c12-7-9-6-8-2-1-3-10(8)15-11(9)14-4-5-18(13,16)17/h6H,1-5H2,(H,14,15)(H2,13,16,17). The van der Waals surface area contributed by atoms with Crippen LogP contribution in [0.5, 0.6) is 0 Å². The minimum absolute atomic E-state index is 0.152. The molecule has 1 aliphatic carbocycles. The molecule has 1 aromatic heterocycles. The van der Waals surface area contributed by atoms with E-state index in [0.717, 1.165) is 30.5 Å². The van der Waals surface area contributed by atoms with Gasteiger partial charge in [-0.1, -0.05) is 0 Å². The Morgan fingerprint density at radius 1 is 1.50 bits per heavy atom. The lowest BCUT2D eigenvalue weighted by atomic mass is 10.1. The quantitative estimate of drug-likeness (QED) is 0.805. The number of nitriles is 1. The third-order valence-electron chi connectivity index (χ3n) is 2.85. The maximum absolute atomic E-state index is 10.8. The summed E-state index contributed by atoms with van der Waals surface area (Å²) in [6.07, 6.45) is 2.91. The molecule has 0 radical (unpaired) electrons. The fourth-order valence-corrected chi connectivity index (χ4v) is 2.39. The number of primary sulfonamides is 1. The molecule has 6 nitrogen and oxygen atoms in total. The number of hydrogen-bond donors (Lipinski definition) is 2. The second-order valence-corrected chi connectivity index (χ2v) is 5.98. The van der Waals surface area contributed by atoms with Crippen molar-refractivity contribution in [2.45, 2.75) is 19.3 Å². The summed E-state index contributed by atoms with van der Waals surface area (Å²) in [5.41, 5.74) is 2.56. The largest absolute Gasteiger partial charge is 0.368 e. The highest BCUT2D eigenvalue weighted by Gasteiger charge is 2.16. The highest BCUT2D eigenvalue weighted by molar-refractivity contribution is 7.89. The normalized spacial score (nSPS) is 14.0. The van der Waals surface area contributed by atoms with Gasteiger partial charge in [0.25, 0.3) is 0 Å². The van der Waals surface area contributed by atoms with Crippen molar-refractivity contribution in [3.05, 3.63) is 22.9 Å². The number of nitrogens with one attached hydrogen (secondary N) is 1. The van der Waals surface area contributed by atoms with E-state index in [2.05, 4.69) is 16.4 Å². The van der Waals surface area contributed by atoms with Crippen LogP contribution in [0.4, 0.5) is 5.82 Å². The Morgan fingerprint density at radius 2 is 2.28 bits per heavy atom. The molecule has 0 spiro atoms. The van der Waals surface area contributed by atoms with Crippen molar-refractivity contribution in [3.63, 3.8) is 0 Å². The van der Waals surface area contributed by atoms with Crippen molar-refractivity contribution in [3.8, 4) is 6.07 Å². The molecule has 7 heteroatoms. The summed E-state index contributed by atoms with van der Waals surface area (Å²) in [6, 6.07) is 3.90. The molecule has 0 unspecified atom stereocenters. The fourth-order valence-electron chi connectivity index (χ4n) is 2.00. The van der Waals surface area contributed by atoms with Crippen LogP contribution < -0.4 is 10.5 Å². The molecule has 0 fully saturated rings. The van der Waals surface area contributed by atoms with Gasteiger partial charge in [0.1, 0.15) is 11.9 Å². The summed E-state index contributed by atoms with van der Waals surface area (Å²) >= 11 is 0. The highest BCUT2D eigenvalue weighted by Crippen LogP contribution is 2.24. The van der Waals surface area contributed by atoms with E-state index in [4.69, 9.17) is 10.4 Å². The van der Waals surface area contributed by atoms with Gasteiger partial charge in [-0.2, -0.15) is 5.26 Å². The van der Waals surface area contributed by atoms with Gasteiger partial charge in [0, 0.05) is 12.2 Å². The smallest absolute Gasteiger partial charge is 0.210 e. The summed E-state index contributed by atoms with van der Waals surface area (Å²) in [6.45, 7) is 0.152. The predicted molar refractivity (Wildman–Crippen MR) is 67.4 cm³/mol. The van der Waals surface area contributed by atoms with E-state index in [9.17, 15) is 8.42 Å². The lowest BCUT2D eigenvalue weighted by Gasteiger charge is -2.09. The lowest BCUT2D eigenvalue weighted by molar-refractivity contribution is 0.598. The van der Waals surface area contributed by atoms with Gasteiger partial charge in [-0.15, -0.1) is 0 Å². The predicted octanol–water partition coefficient (Wildman–Crippen LogP) is 0.142. The number of hydrogen-bond acceptors (Lipinski definition) is 5. The van der Waals surface area contributed by atoms with Gasteiger partial charge in [-0.3, -0.25) is 0 Å². The Balaban J connectivity index is 2.15. The molecule has 1 aromatic rings. The molecule has 0 aromatic carbocycles. The second kappa shape index (κ2) is 4.92. The van der Waals surface area contributed by atoms with Crippen LogP contribution in [0, 0.1) is 11.3 Å². The SMILES string of the molecule is N#Cc1cc2c(nc1NCCS(N)(=O)=O)CCC2. The molecule has 1 aliphatic rings. The number of anilines is 1. The van der Waals surface area contributed by atoms with Crippen LogP contribution in [0.25, 0.3) is 0 Å². The number of fused-ring (bicyclic) bond motifs is 1. The molecule has 0 atom stereocenters. The third kappa shape index (κ3) is 2.97. The van der Waals surface area contributed by atoms with Crippen LogP contribution in [0.15, 0.2) is 6.07 Å². The lowest BCUT2D eigenvalue weighted by Crippen LogP contribution is -2.23. The number of sulfonamides is 1. The fraction of sp³-hybridized carbons (Fsp3) is 0.455. The molecule has 0 saturated carbocycles. The molecule has 96 valence electrons. The number of aryl methyl sites for hydroxylation is 2. The first-order valence-electron chi connectivity index (χ1n) is 5.67. The van der Waals surface area contributed by atoms with Crippen molar-refractivity contribution >= 4 is 15.8 Å². The topological polar surface area (TPSA) is 109 Å². The molecule has 18 heavy (non-hydrogen) atoms. The molecule has 2 rings (SSSR count). The second-order valence-electron chi connectivity index (χ2n) is 4.25. The average Bonchev–Trinajstić information content (AvgIpc) is 2.73. The Kier molecular flexibility index (Phi) is 3.50. The van der Waals surface area contributed by atoms with Gasteiger partial charge in [0.15, 0.2) is 0 Å². The van der Waals surface area contributed by atoms with E-state index >= 15 is 0 Å². The van der Waals surface area contributed by atoms with Crippen molar-refractivity contribution in [2.24, 2.45) is 5.14 Å². The van der Waals surface area contributed by atoms with Crippen molar-refractivity contribution in [2.75, 3.05) is 17.6 Å². The molecule has 0 amide bonds. The van der Waals surface area contributed by atoms with E-state index in [-0.39, 0.29) is 12.3 Å². The van der Waals surface area contributed by atoms with Crippen molar-refractivity contribution in [1.29, 1.82) is 5.26 Å². The Bertz CT molecular complexity index is 604. The van der Waals surface area contributed by atoms with Crippen LogP contribution in [-0.4, -0.2) is 25.7 Å². The van der Waals surface area contributed by atoms with Crippen molar-refractivity contribution in [1.82, 2.24) is 4.98 Å². The first-order valence-corrected chi connectivity index (χ1v) is 7.38. The average molecular weight is 266 g/mol. The van der Waals surface area contributed by atoms with E-state index < -0.39 is 10.0 Å². The van der Waals surface area contributed by atoms with Crippen molar-refractivity contribution < 1.29 is 8.42 Å². The number of nitrogens with zero attached hydrogens (tertiary/aromatic N) is 2. The maximum Gasteiger partial charge on any atom is 0.210 e. The Morgan fingerprint density at radius 3 is 2.94 bits per heavy atom. The van der Waals surface area contributed by atoms with Gasteiger partial charge in [0.2, 0.25) is 10.0 Å². The number of rotatable bonds is 4. The summed E-state index contributed by atoms with van der Waals surface area (Å²) in [4.78, 5) is 4.37. The van der Waals surface area contributed by atoms with E-state index in [1.165, 1.54) is 0 Å². The Hall–Kier alpha value is -1.65. The zero-order valence-corrected chi connectivity index (χ0v) is 10.6. The summed E-state index contributed by atoms with van der Waals surface area (Å²) in [7, 11) is -3.50. The number of pyridine rings is 1. The monoisotopic (exact) mass is 266 g/mol. The first-order chi connectivity index (χ1) is 8.49. The molecule has 3 N–H and O–H groups in total. The minimum atomic E-state index is -3.50. The van der Waals surface area contributed by atoms with Gasteiger partial charge < -0.3 is 5.32 Å². The number of aromatic nitrogens is 1. The minimum Gasteiger partial charge on any atom is -0.368 e. The third-order valence-corrected chi connectivity index (χ3v) is 3.62. The van der Waals surface area contributed by atoms with Crippen LogP contribution >= 0.6 is 0 Å². The zero-order chi connectivity index (χ0) is 13.2. The summed E-state index contributed by atoms with van der Waals surface area (Å²) in [5.74, 6) is 0.262. The van der Waals surface area contributed by atoms with Crippen LogP contribution in [-0.2, 0) is 22.9 Å². The maximum atomic E-state index is 10.8. The Labute approximate surface area is 106 Å². The van der Waals surface area contributed by atoms with Gasteiger partial charge in [-0.25, -0.2) is 18.5 Å². The van der Waals surface area contributed by atoms with E-state index in [1.54, 1.807) is 0 Å². The highest BCUT2D eigenvalue weighted by atomic mass is 32.2. The van der Waals surface area contributed by atoms with Gasteiger partial charge >= 0.3 is 0 Å². The summed E-state index contributed by atoms with van der Waals surface area (Å²) < 4.78 is 21.6. The van der Waals surface area contributed by atoms with Gasteiger partial charge in [0.05, 0.1) is 11.3 Å². The van der Waals surface area contributed by atoms with E-state index in [0.29, 0.717) is 11.4 Å². The molecule has 0 saturated heterocycles.